The van der Waals surface area contributed by atoms with Gasteiger partial charge in [-0.3, -0.25) is 4.18 Å². The van der Waals surface area contributed by atoms with E-state index < -0.39 is 15.7 Å². The Bertz CT molecular complexity index is 476. The van der Waals surface area contributed by atoms with E-state index >= 15 is 0 Å². The van der Waals surface area contributed by atoms with Crippen LogP contribution in [0.4, 0.5) is 4.79 Å². The second-order valence-electron chi connectivity index (χ2n) is 6.69. The van der Waals surface area contributed by atoms with Crippen molar-refractivity contribution in [1.29, 1.82) is 0 Å². The van der Waals surface area contributed by atoms with Crippen LogP contribution in [0.2, 0.25) is 0 Å². The number of piperidine rings is 1. The van der Waals surface area contributed by atoms with Gasteiger partial charge in [-0.1, -0.05) is 0 Å². The highest BCUT2D eigenvalue weighted by Crippen LogP contribution is 2.33. The standard InChI is InChI=1S/C14H27N2O5S/c1-13(2,3)21-12(17)16-9-6-14(15-4,7-10-16)8-11-20-22(5,18)19/h6-11H2,1-5H3/q-1. The second-order valence-corrected chi connectivity index (χ2v) is 8.34. The Morgan fingerprint density at radius 2 is 1.82 bits per heavy atom. The molecule has 1 heterocycles. The average Bonchev–Trinajstić information content (AvgIpc) is 2.36. The lowest BCUT2D eigenvalue weighted by molar-refractivity contribution is 0.0174. The van der Waals surface area contributed by atoms with Gasteiger partial charge in [-0.05, 0) is 40.0 Å². The monoisotopic (exact) mass is 335 g/mol. The number of carbonyl (C=O) groups is 1. The zero-order chi connectivity index (χ0) is 17.0. The molecule has 1 rings (SSSR count). The maximum atomic E-state index is 12.0. The number of hydrogen-bond acceptors (Lipinski definition) is 5. The van der Waals surface area contributed by atoms with Gasteiger partial charge in [0.25, 0.3) is 10.1 Å². The maximum Gasteiger partial charge on any atom is 0.410 e. The smallest absolute Gasteiger partial charge is 0.410 e. The molecule has 0 atom stereocenters. The molecule has 7 nitrogen and oxygen atoms in total. The number of likely N-dealkylation sites (tertiary alicyclic amines) is 1. The number of hydrogen-bond donors (Lipinski definition) is 0. The fourth-order valence-electron chi connectivity index (χ4n) is 2.40. The van der Waals surface area contributed by atoms with Crippen LogP contribution in [0.15, 0.2) is 0 Å². The van der Waals surface area contributed by atoms with Gasteiger partial charge in [0.05, 0.1) is 12.9 Å². The zero-order valence-electron chi connectivity index (χ0n) is 14.1. The first kappa shape index (κ1) is 19.2. The Morgan fingerprint density at radius 3 is 2.23 bits per heavy atom. The first-order valence-corrected chi connectivity index (χ1v) is 9.21. The summed E-state index contributed by atoms with van der Waals surface area (Å²) < 4.78 is 32.2. The molecule has 130 valence electrons. The third kappa shape index (κ3) is 6.50. The normalized spacial score (nSPS) is 19.0. The van der Waals surface area contributed by atoms with Crippen molar-refractivity contribution in [1.82, 2.24) is 4.90 Å². The van der Waals surface area contributed by atoms with Crippen molar-refractivity contribution in [3.63, 3.8) is 0 Å². The van der Waals surface area contributed by atoms with E-state index in [-0.39, 0.29) is 18.2 Å². The first-order valence-electron chi connectivity index (χ1n) is 7.40. The van der Waals surface area contributed by atoms with Gasteiger partial charge < -0.3 is 15.0 Å². The average molecular weight is 335 g/mol. The summed E-state index contributed by atoms with van der Waals surface area (Å²) in [5.74, 6) is 0. The third-order valence-electron chi connectivity index (χ3n) is 3.69. The molecule has 1 aliphatic heterocycles. The van der Waals surface area contributed by atoms with Crippen molar-refractivity contribution >= 4 is 16.2 Å². The Kier molecular flexibility index (Phi) is 6.23. The van der Waals surface area contributed by atoms with E-state index in [0.717, 1.165) is 6.26 Å². The molecule has 0 bridgehead atoms. The molecule has 0 radical (unpaired) electrons. The molecule has 0 unspecified atom stereocenters. The molecule has 1 saturated heterocycles. The summed E-state index contributed by atoms with van der Waals surface area (Å²) in [4.78, 5) is 13.7. The minimum absolute atomic E-state index is 0.114. The topological polar surface area (TPSA) is 87.0 Å². The van der Waals surface area contributed by atoms with Crippen molar-refractivity contribution in [2.24, 2.45) is 0 Å². The van der Waals surface area contributed by atoms with Crippen LogP contribution < -0.4 is 0 Å². The van der Waals surface area contributed by atoms with E-state index in [9.17, 15) is 13.2 Å². The molecule has 0 spiro atoms. The minimum Gasteiger partial charge on any atom is -0.659 e. The van der Waals surface area contributed by atoms with Crippen LogP contribution in [0.25, 0.3) is 5.32 Å². The predicted molar refractivity (Wildman–Crippen MR) is 84.5 cm³/mol. The molecular formula is C14H27N2O5S-. The highest BCUT2D eigenvalue weighted by molar-refractivity contribution is 7.85. The SMILES string of the molecule is C[N-]C1(CCOS(C)(=O)=O)CCN(C(=O)OC(C)(C)C)CC1. The molecule has 0 saturated carbocycles. The van der Waals surface area contributed by atoms with Crippen LogP contribution in [0.3, 0.4) is 0 Å². The lowest BCUT2D eigenvalue weighted by Gasteiger charge is -2.50. The van der Waals surface area contributed by atoms with Crippen LogP contribution in [-0.4, -0.2) is 63.6 Å². The summed E-state index contributed by atoms with van der Waals surface area (Å²) in [6.45, 7) is 6.72. The van der Waals surface area contributed by atoms with Gasteiger partial charge in [-0.25, -0.2) is 4.79 Å². The van der Waals surface area contributed by atoms with Crippen molar-refractivity contribution in [2.45, 2.75) is 51.2 Å². The van der Waals surface area contributed by atoms with E-state index in [0.29, 0.717) is 32.4 Å². The number of amides is 1. The van der Waals surface area contributed by atoms with E-state index in [1.807, 2.05) is 20.8 Å². The largest absolute Gasteiger partial charge is 0.659 e. The highest BCUT2D eigenvalue weighted by atomic mass is 32.2. The number of carbonyl (C=O) groups excluding carboxylic acids is 1. The van der Waals surface area contributed by atoms with Gasteiger partial charge in [0, 0.05) is 13.1 Å². The third-order valence-corrected chi connectivity index (χ3v) is 4.28. The van der Waals surface area contributed by atoms with Gasteiger partial charge in [-0.2, -0.15) is 15.5 Å². The Labute approximate surface area is 133 Å². The highest BCUT2D eigenvalue weighted by Gasteiger charge is 2.30. The first-order chi connectivity index (χ1) is 9.96. The quantitative estimate of drug-likeness (QED) is 0.718. The minimum atomic E-state index is -3.43. The van der Waals surface area contributed by atoms with Crippen molar-refractivity contribution in [3.8, 4) is 0 Å². The molecule has 0 aromatic heterocycles. The molecule has 1 fully saturated rings. The fourth-order valence-corrected chi connectivity index (χ4v) is 2.79. The summed E-state index contributed by atoms with van der Waals surface area (Å²) in [5.41, 5.74) is -0.840. The molecular weight excluding hydrogens is 308 g/mol. The van der Waals surface area contributed by atoms with Crippen molar-refractivity contribution in [2.75, 3.05) is 33.0 Å². The maximum absolute atomic E-state index is 12.0. The number of rotatable bonds is 5. The van der Waals surface area contributed by atoms with Gasteiger partial charge in [-0.15, -0.1) is 5.54 Å². The van der Waals surface area contributed by atoms with Crippen LogP contribution in [0, 0.1) is 0 Å². The van der Waals surface area contributed by atoms with E-state index in [1.54, 1.807) is 11.9 Å². The molecule has 1 aliphatic rings. The lowest BCUT2D eigenvalue weighted by atomic mass is 9.85. The van der Waals surface area contributed by atoms with E-state index in [2.05, 4.69) is 5.32 Å². The summed E-state index contributed by atoms with van der Waals surface area (Å²) in [6.07, 6.45) is 2.60. The van der Waals surface area contributed by atoms with Gasteiger partial charge in [0.2, 0.25) is 0 Å². The number of ether oxygens (including phenoxy) is 1. The Balaban J connectivity index is 2.51. The molecule has 0 aromatic rings. The van der Waals surface area contributed by atoms with Crippen LogP contribution in [0.1, 0.15) is 40.0 Å². The van der Waals surface area contributed by atoms with Gasteiger partial charge in [0.1, 0.15) is 5.60 Å². The van der Waals surface area contributed by atoms with Crippen molar-refractivity contribution in [3.05, 3.63) is 5.32 Å². The van der Waals surface area contributed by atoms with Crippen molar-refractivity contribution < 1.29 is 22.1 Å². The van der Waals surface area contributed by atoms with Crippen LogP contribution >= 0.6 is 0 Å². The number of nitrogens with zero attached hydrogens (tertiary/aromatic N) is 2. The Morgan fingerprint density at radius 1 is 1.27 bits per heavy atom. The lowest BCUT2D eigenvalue weighted by Crippen LogP contribution is -2.48. The zero-order valence-corrected chi connectivity index (χ0v) is 14.9. The van der Waals surface area contributed by atoms with Crippen LogP contribution in [-0.2, 0) is 19.0 Å². The molecule has 1 amide bonds. The molecule has 22 heavy (non-hydrogen) atoms. The molecule has 0 aromatic carbocycles. The summed E-state index contributed by atoms with van der Waals surface area (Å²) in [5, 5.41) is 4.41. The van der Waals surface area contributed by atoms with Gasteiger partial charge >= 0.3 is 6.09 Å². The van der Waals surface area contributed by atoms with Gasteiger partial charge in [0.15, 0.2) is 0 Å². The summed E-state index contributed by atoms with van der Waals surface area (Å²) in [6, 6.07) is 0. The fraction of sp³-hybridized carbons (Fsp3) is 0.929. The van der Waals surface area contributed by atoms with E-state index in [1.165, 1.54) is 0 Å². The second kappa shape index (κ2) is 7.14. The predicted octanol–water partition coefficient (Wildman–Crippen LogP) is 2.13. The van der Waals surface area contributed by atoms with E-state index in [4.69, 9.17) is 8.92 Å². The summed E-state index contributed by atoms with van der Waals surface area (Å²) >= 11 is 0. The Hall–Kier alpha value is -0.860. The van der Waals surface area contributed by atoms with Crippen LogP contribution in [0.5, 0.6) is 0 Å². The molecule has 0 N–H and O–H groups in total. The molecule has 0 aliphatic carbocycles. The summed E-state index contributed by atoms with van der Waals surface area (Å²) in [7, 11) is -1.70. The molecule has 8 heteroatoms.